The van der Waals surface area contributed by atoms with Crippen LogP contribution in [-0.4, -0.2) is 15.6 Å². The van der Waals surface area contributed by atoms with Gasteiger partial charge in [0.25, 0.3) is 0 Å². The summed E-state index contributed by atoms with van der Waals surface area (Å²) in [7, 11) is 0. The third kappa shape index (κ3) is 3.69. The summed E-state index contributed by atoms with van der Waals surface area (Å²) in [5.41, 5.74) is 5.77. The number of hydrogen-bond donors (Lipinski definition) is 0. The molecule has 0 amide bonds. The highest BCUT2D eigenvalue weighted by Gasteiger charge is 2.13. The predicted octanol–water partition coefficient (Wildman–Crippen LogP) is 4.75. The highest BCUT2D eigenvalue weighted by atomic mass is 16.5. The molecular weight excluding hydrogens is 312 g/mol. The fourth-order valence-corrected chi connectivity index (χ4v) is 2.59. The monoisotopic (exact) mass is 332 g/mol. The highest BCUT2D eigenvalue weighted by Crippen LogP contribution is 2.25. The van der Waals surface area contributed by atoms with Crippen molar-refractivity contribution in [2.24, 2.45) is 0 Å². The van der Waals surface area contributed by atoms with Crippen LogP contribution in [0.1, 0.15) is 27.9 Å². The van der Waals surface area contributed by atoms with Gasteiger partial charge >= 0.3 is 6.09 Å². The average molecular weight is 332 g/mol. The van der Waals surface area contributed by atoms with E-state index in [2.05, 4.69) is 31.5 Å². The Kier molecular flexibility index (Phi) is 4.80. The Morgan fingerprint density at radius 3 is 2.64 bits per heavy atom. The zero-order valence-electron chi connectivity index (χ0n) is 14.4. The van der Waals surface area contributed by atoms with Gasteiger partial charge in [-0.25, -0.2) is 14.3 Å². The number of aryl methyl sites for hydroxylation is 1. The molecule has 0 spiro atoms. The lowest BCUT2D eigenvalue weighted by Crippen LogP contribution is -2.11. The number of carbonyl (C=O) groups excluding carboxylic acids is 1. The Hall–Kier alpha value is -3.14. The molecule has 3 aromatic rings. The Morgan fingerprint density at radius 1 is 1.12 bits per heavy atom. The highest BCUT2D eigenvalue weighted by molar-refractivity contribution is 5.79. The van der Waals surface area contributed by atoms with Crippen LogP contribution in [0.4, 0.5) is 4.79 Å². The van der Waals surface area contributed by atoms with Crippen LogP contribution >= 0.6 is 0 Å². The molecule has 3 rings (SSSR count). The topological polar surface area (TPSA) is 44.1 Å². The molecule has 0 saturated carbocycles. The minimum Gasteiger partial charge on any atom is -0.444 e. The van der Waals surface area contributed by atoms with Gasteiger partial charge < -0.3 is 4.74 Å². The molecule has 126 valence electrons. The Morgan fingerprint density at radius 2 is 1.88 bits per heavy atom. The second-order valence-corrected chi connectivity index (χ2v) is 5.93. The van der Waals surface area contributed by atoms with E-state index >= 15 is 0 Å². The van der Waals surface area contributed by atoms with Crippen molar-refractivity contribution in [3.63, 3.8) is 0 Å². The Labute approximate surface area is 147 Å². The molecule has 0 aliphatic heterocycles. The van der Waals surface area contributed by atoms with Crippen LogP contribution in [0.25, 0.3) is 5.57 Å². The van der Waals surface area contributed by atoms with Gasteiger partial charge in [0.05, 0.1) is 5.69 Å². The summed E-state index contributed by atoms with van der Waals surface area (Å²) in [6.45, 7) is 8.48. The van der Waals surface area contributed by atoms with Crippen molar-refractivity contribution in [1.29, 1.82) is 0 Å². The first kappa shape index (κ1) is 16.7. The van der Waals surface area contributed by atoms with E-state index in [0.29, 0.717) is 5.69 Å². The first-order chi connectivity index (χ1) is 12.1. The van der Waals surface area contributed by atoms with Crippen LogP contribution in [0.5, 0.6) is 0 Å². The van der Waals surface area contributed by atoms with E-state index in [1.165, 1.54) is 16.5 Å². The van der Waals surface area contributed by atoms with Crippen molar-refractivity contribution in [3.05, 3.63) is 95.6 Å². The molecule has 0 saturated heterocycles. The molecule has 4 nitrogen and oxygen atoms in total. The van der Waals surface area contributed by atoms with Crippen molar-refractivity contribution >= 4 is 11.7 Å². The van der Waals surface area contributed by atoms with Gasteiger partial charge in [-0.15, -0.1) is 0 Å². The van der Waals surface area contributed by atoms with Gasteiger partial charge in [0.15, 0.2) is 0 Å². The normalized spacial score (nSPS) is 10.5. The van der Waals surface area contributed by atoms with Crippen molar-refractivity contribution < 1.29 is 9.53 Å². The van der Waals surface area contributed by atoms with Crippen molar-refractivity contribution in [2.75, 3.05) is 0 Å². The quantitative estimate of drug-likeness (QED) is 0.693. The number of hydrogen-bond acceptors (Lipinski definition) is 3. The third-order valence-corrected chi connectivity index (χ3v) is 4.24. The van der Waals surface area contributed by atoms with Crippen LogP contribution in [-0.2, 0) is 11.3 Å². The number of benzene rings is 2. The zero-order valence-corrected chi connectivity index (χ0v) is 14.4. The van der Waals surface area contributed by atoms with Crippen molar-refractivity contribution in [2.45, 2.75) is 20.5 Å². The van der Waals surface area contributed by atoms with E-state index in [9.17, 15) is 4.79 Å². The van der Waals surface area contributed by atoms with Gasteiger partial charge in [-0.05, 0) is 36.1 Å². The zero-order chi connectivity index (χ0) is 17.8. The predicted molar refractivity (Wildman–Crippen MR) is 98.3 cm³/mol. The summed E-state index contributed by atoms with van der Waals surface area (Å²) in [6, 6.07) is 15.6. The van der Waals surface area contributed by atoms with Gasteiger partial charge in [-0.2, -0.15) is 0 Å². The maximum Gasteiger partial charge on any atom is 0.419 e. The summed E-state index contributed by atoms with van der Waals surface area (Å²) < 4.78 is 6.65. The molecule has 0 aliphatic rings. The molecule has 2 aromatic carbocycles. The van der Waals surface area contributed by atoms with Crippen LogP contribution < -0.4 is 0 Å². The standard InChI is InChI=1S/C21H20N2O2/c1-15-8-7-11-19(16(15)2)17(3)20-12-23(14-22-20)21(24)25-13-18-9-5-4-6-10-18/h4-12,14H,3,13H2,1-2H3. The molecule has 0 atom stereocenters. The molecular formula is C21H20N2O2. The molecule has 0 aliphatic carbocycles. The molecule has 0 N–H and O–H groups in total. The average Bonchev–Trinajstić information content (AvgIpc) is 3.12. The van der Waals surface area contributed by atoms with Gasteiger partial charge in [0, 0.05) is 11.8 Å². The van der Waals surface area contributed by atoms with Crippen LogP contribution in [0.3, 0.4) is 0 Å². The second-order valence-electron chi connectivity index (χ2n) is 5.93. The summed E-state index contributed by atoms with van der Waals surface area (Å²) in [6.07, 6.45) is 2.65. The second kappa shape index (κ2) is 7.18. The van der Waals surface area contributed by atoms with Gasteiger partial charge in [0.2, 0.25) is 0 Å². The maximum atomic E-state index is 12.2. The molecule has 0 bridgehead atoms. The molecule has 1 aromatic heterocycles. The number of imidazole rings is 1. The first-order valence-corrected chi connectivity index (χ1v) is 8.07. The summed E-state index contributed by atoms with van der Waals surface area (Å²) in [5, 5.41) is 0. The molecule has 1 heterocycles. The largest absolute Gasteiger partial charge is 0.444 e. The molecule has 4 heteroatoms. The van der Waals surface area contributed by atoms with E-state index in [1.807, 2.05) is 42.5 Å². The smallest absolute Gasteiger partial charge is 0.419 e. The van der Waals surface area contributed by atoms with E-state index in [4.69, 9.17) is 4.74 Å². The van der Waals surface area contributed by atoms with E-state index in [-0.39, 0.29) is 6.61 Å². The lowest BCUT2D eigenvalue weighted by Gasteiger charge is -2.09. The lowest BCUT2D eigenvalue weighted by molar-refractivity contribution is 0.141. The molecule has 25 heavy (non-hydrogen) atoms. The van der Waals surface area contributed by atoms with Gasteiger partial charge in [-0.3, -0.25) is 0 Å². The van der Waals surface area contributed by atoms with E-state index < -0.39 is 6.09 Å². The number of nitrogens with zero attached hydrogens (tertiary/aromatic N) is 2. The lowest BCUT2D eigenvalue weighted by atomic mass is 9.96. The molecule has 0 fully saturated rings. The SMILES string of the molecule is C=C(c1cn(C(=O)OCc2ccccc2)cn1)c1cccc(C)c1C. The number of rotatable bonds is 4. The van der Waals surface area contributed by atoms with E-state index in [1.54, 1.807) is 6.20 Å². The Bertz CT molecular complexity index is 911. The number of aromatic nitrogens is 2. The number of ether oxygens (including phenoxy) is 1. The van der Waals surface area contributed by atoms with Crippen LogP contribution in [0.2, 0.25) is 0 Å². The summed E-state index contributed by atoms with van der Waals surface area (Å²) >= 11 is 0. The van der Waals surface area contributed by atoms with Crippen molar-refractivity contribution in [3.8, 4) is 0 Å². The fourth-order valence-electron chi connectivity index (χ4n) is 2.59. The maximum absolute atomic E-state index is 12.2. The van der Waals surface area contributed by atoms with Gasteiger partial charge in [0.1, 0.15) is 12.9 Å². The number of carbonyl (C=O) groups is 1. The summed E-state index contributed by atoms with van der Waals surface area (Å²) in [5.74, 6) is 0. The van der Waals surface area contributed by atoms with Crippen molar-refractivity contribution in [1.82, 2.24) is 9.55 Å². The minimum absolute atomic E-state index is 0.227. The van der Waals surface area contributed by atoms with Crippen LogP contribution in [0.15, 0.2) is 67.6 Å². The van der Waals surface area contributed by atoms with Crippen LogP contribution in [0, 0.1) is 13.8 Å². The minimum atomic E-state index is -0.462. The summed E-state index contributed by atoms with van der Waals surface area (Å²) in [4.78, 5) is 16.5. The molecule has 0 radical (unpaired) electrons. The fraction of sp³-hybridized carbons (Fsp3) is 0.143. The first-order valence-electron chi connectivity index (χ1n) is 8.07. The van der Waals surface area contributed by atoms with E-state index in [0.717, 1.165) is 22.3 Å². The molecule has 0 unspecified atom stereocenters. The Balaban J connectivity index is 1.72. The van der Waals surface area contributed by atoms with Gasteiger partial charge in [-0.1, -0.05) is 55.1 Å². The third-order valence-electron chi connectivity index (χ3n) is 4.24.